The predicted octanol–water partition coefficient (Wildman–Crippen LogP) is 2.28. The summed E-state index contributed by atoms with van der Waals surface area (Å²) in [6, 6.07) is 0. The summed E-state index contributed by atoms with van der Waals surface area (Å²) in [5.74, 6) is 0. The second-order valence-electron chi connectivity index (χ2n) is 2.20. The van der Waals surface area contributed by atoms with Gasteiger partial charge in [0.1, 0.15) is 0 Å². The fraction of sp³-hybridized carbons (Fsp3) is 0.429. The molecule has 0 aromatic heterocycles. The molecule has 0 fully saturated rings. The van der Waals surface area contributed by atoms with E-state index < -0.39 is 0 Å². The lowest BCUT2D eigenvalue weighted by Gasteiger charge is -1.87. The van der Waals surface area contributed by atoms with Crippen LogP contribution < -0.4 is 0 Å². The Bertz CT molecular complexity index is 111. The third-order valence-electron chi connectivity index (χ3n) is 1.21. The molecule has 0 unspecified atom stereocenters. The monoisotopic (exact) mass is 94.1 g/mol. The molecule has 1 aliphatic carbocycles. The molecule has 1 rings (SSSR count). The molecule has 0 bridgehead atoms. The van der Waals surface area contributed by atoms with E-state index in [-0.39, 0.29) is 0 Å². The van der Waals surface area contributed by atoms with E-state index in [4.69, 9.17) is 0 Å². The highest BCUT2D eigenvalue weighted by molar-refractivity contribution is 5.27. The number of hydrogen-bond donors (Lipinski definition) is 0. The SMILES string of the molecule is CC1=CC=C(C)C1. The van der Waals surface area contributed by atoms with Gasteiger partial charge in [0.15, 0.2) is 0 Å². The van der Waals surface area contributed by atoms with Gasteiger partial charge in [0, 0.05) is 0 Å². The normalized spacial score (nSPS) is 19.1. The van der Waals surface area contributed by atoms with Gasteiger partial charge in [-0.15, -0.1) is 0 Å². The largest absolute Gasteiger partial charge is 0.0693 e. The van der Waals surface area contributed by atoms with Crippen molar-refractivity contribution in [1.82, 2.24) is 0 Å². The van der Waals surface area contributed by atoms with E-state index in [1.54, 1.807) is 0 Å². The number of allylic oxidation sites excluding steroid dienone is 4. The summed E-state index contributed by atoms with van der Waals surface area (Å²) in [4.78, 5) is 0. The van der Waals surface area contributed by atoms with Crippen LogP contribution in [0.5, 0.6) is 0 Å². The Kier molecular flexibility index (Phi) is 1.01. The topological polar surface area (TPSA) is 0 Å². The fourth-order valence-corrected chi connectivity index (χ4v) is 0.842. The maximum atomic E-state index is 2.18. The molecule has 0 aromatic carbocycles. The van der Waals surface area contributed by atoms with Crippen molar-refractivity contribution in [3.05, 3.63) is 23.3 Å². The molecule has 0 aliphatic heterocycles. The maximum absolute atomic E-state index is 2.18. The number of rotatable bonds is 0. The Balaban J connectivity index is 2.61. The molecule has 0 spiro atoms. The Labute approximate surface area is 44.5 Å². The summed E-state index contributed by atoms with van der Waals surface area (Å²) < 4.78 is 0. The van der Waals surface area contributed by atoms with Crippen molar-refractivity contribution in [3.8, 4) is 0 Å². The third kappa shape index (κ3) is 0.923. The van der Waals surface area contributed by atoms with Gasteiger partial charge in [-0.1, -0.05) is 23.3 Å². The maximum Gasteiger partial charge on any atom is -0.0108 e. The van der Waals surface area contributed by atoms with Crippen LogP contribution in [-0.4, -0.2) is 0 Å². The Hall–Kier alpha value is -0.520. The molecule has 0 heterocycles. The van der Waals surface area contributed by atoms with Crippen molar-refractivity contribution >= 4 is 0 Å². The number of hydrogen-bond acceptors (Lipinski definition) is 0. The molecule has 0 atom stereocenters. The van der Waals surface area contributed by atoms with Gasteiger partial charge in [-0.3, -0.25) is 0 Å². The van der Waals surface area contributed by atoms with Crippen molar-refractivity contribution in [2.75, 3.05) is 0 Å². The highest BCUT2D eigenvalue weighted by Crippen LogP contribution is 2.15. The molecule has 1 aliphatic rings. The summed E-state index contributed by atoms with van der Waals surface area (Å²) in [5, 5.41) is 0. The fourth-order valence-electron chi connectivity index (χ4n) is 0.842. The van der Waals surface area contributed by atoms with E-state index in [1.165, 1.54) is 17.6 Å². The van der Waals surface area contributed by atoms with E-state index >= 15 is 0 Å². The molecule has 0 nitrogen and oxygen atoms in total. The van der Waals surface area contributed by atoms with E-state index in [9.17, 15) is 0 Å². The summed E-state index contributed by atoms with van der Waals surface area (Å²) >= 11 is 0. The Morgan fingerprint density at radius 2 is 1.57 bits per heavy atom. The van der Waals surface area contributed by atoms with Crippen molar-refractivity contribution in [3.63, 3.8) is 0 Å². The first-order valence-corrected chi connectivity index (χ1v) is 2.62. The van der Waals surface area contributed by atoms with E-state index in [2.05, 4.69) is 26.0 Å². The lowest BCUT2D eigenvalue weighted by Crippen LogP contribution is -1.67. The first-order chi connectivity index (χ1) is 3.29. The zero-order valence-corrected chi connectivity index (χ0v) is 4.86. The standard InChI is InChI=1S/C7H10/c1-6-3-4-7(2)5-6/h3-4H,5H2,1-2H3. The van der Waals surface area contributed by atoms with E-state index in [1.807, 2.05) is 0 Å². The molecule has 0 saturated heterocycles. The molecule has 0 aromatic rings. The van der Waals surface area contributed by atoms with Crippen LogP contribution in [0.25, 0.3) is 0 Å². The predicted molar refractivity (Wildman–Crippen MR) is 32.1 cm³/mol. The Morgan fingerprint density at radius 1 is 1.14 bits per heavy atom. The zero-order valence-electron chi connectivity index (χ0n) is 4.86. The van der Waals surface area contributed by atoms with Crippen LogP contribution in [0.15, 0.2) is 23.3 Å². The molecule has 0 heteroatoms. The van der Waals surface area contributed by atoms with Crippen molar-refractivity contribution < 1.29 is 0 Å². The molecular formula is C7H10. The van der Waals surface area contributed by atoms with Gasteiger partial charge in [-0.05, 0) is 20.3 Å². The van der Waals surface area contributed by atoms with E-state index in [0.717, 1.165) is 0 Å². The highest BCUT2D eigenvalue weighted by atomic mass is 14.0. The minimum absolute atomic E-state index is 1.19. The van der Waals surface area contributed by atoms with Crippen LogP contribution in [0.4, 0.5) is 0 Å². The molecule has 38 valence electrons. The first-order valence-electron chi connectivity index (χ1n) is 2.62. The Morgan fingerprint density at radius 3 is 1.71 bits per heavy atom. The lowest BCUT2D eigenvalue weighted by molar-refractivity contribution is 1.15. The van der Waals surface area contributed by atoms with Gasteiger partial charge in [-0.25, -0.2) is 0 Å². The van der Waals surface area contributed by atoms with Gasteiger partial charge < -0.3 is 0 Å². The highest BCUT2D eigenvalue weighted by Gasteiger charge is 1.95. The van der Waals surface area contributed by atoms with Gasteiger partial charge in [0.05, 0.1) is 0 Å². The van der Waals surface area contributed by atoms with Crippen LogP contribution >= 0.6 is 0 Å². The van der Waals surface area contributed by atoms with Crippen molar-refractivity contribution in [1.29, 1.82) is 0 Å². The summed E-state index contributed by atoms with van der Waals surface area (Å²) in [7, 11) is 0. The quantitative estimate of drug-likeness (QED) is 0.432. The average molecular weight is 94.2 g/mol. The molecule has 7 heavy (non-hydrogen) atoms. The van der Waals surface area contributed by atoms with E-state index in [0.29, 0.717) is 0 Å². The summed E-state index contributed by atoms with van der Waals surface area (Å²) in [6.07, 6.45) is 5.55. The van der Waals surface area contributed by atoms with Gasteiger partial charge in [0.25, 0.3) is 0 Å². The molecule has 0 radical (unpaired) electrons. The van der Waals surface area contributed by atoms with Gasteiger partial charge in [0.2, 0.25) is 0 Å². The average Bonchev–Trinajstić information content (AvgIpc) is 1.87. The van der Waals surface area contributed by atoms with Crippen molar-refractivity contribution in [2.24, 2.45) is 0 Å². The van der Waals surface area contributed by atoms with Crippen LogP contribution in [0, 0.1) is 0 Å². The second-order valence-corrected chi connectivity index (χ2v) is 2.20. The minimum Gasteiger partial charge on any atom is -0.0693 e. The molecule has 0 amide bonds. The lowest BCUT2D eigenvalue weighted by atomic mass is 10.2. The molecule has 0 N–H and O–H groups in total. The van der Waals surface area contributed by atoms with Crippen LogP contribution in [0.2, 0.25) is 0 Å². The van der Waals surface area contributed by atoms with Gasteiger partial charge >= 0.3 is 0 Å². The second kappa shape index (κ2) is 1.53. The third-order valence-corrected chi connectivity index (χ3v) is 1.21. The smallest absolute Gasteiger partial charge is 0.0108 e. The summed E-state index contributed by atoms with van der Waals surface area (Å²) in [5.41, 5.74) is 2.97. The zero-order chi connectivity index (χ0) is 5.28. The summed E-state index contributed by atoms with van der Waals surface area (Å²) in [6.45, 7) is 4.32. The first kappa shape index (κ1) is 4.63. The van der Waals surface area contributed by atoms with Crippen LogP contribution in [0.1, 0.15) is 20.3 Å². The van der Waals surface area contributed by atoms with Crippen LogP contribution in [-0.2, 0) is 0 Å². The van der Waals surface area contributed by atoms with Crippen molar-refractivity contribution in [2.45, 2.75) is 20.3 Å². The van der Waals surface area contributed by atoms with Gasteiger partial charge in [-0.2, -0.15) is 0 Å². The van der Waals surface area contributed by atoms with Crippen LogP contribution in [0.3, 0.4) is 0 Å². The molecule has 0 saturated carbocycles. The molecular weight excluding hydrogens is 84.1 g/mol. The minimum atomic E-state index is 1.19.